The molecule has 3 aromatic rings. The minimum atomic E-state index is -0.997. The molecule has 0 aliphatic carbocycles. The van der Waals surface area contributed by atoms with Crippen LogP contribution in [0.2, 0.25) is 0 Å². The lowest BCUT2D eigenvalue weighted by Crippen LogP contribution is -2.38. The van der Waals surface area contributed by atoms with Crippen LogP contribution in [0.3, 0.4) is 0 Å². The second-order valence-corrected chi connectivity index (χ2v) is 6.93. The number of rotatable bonds is 6. The Balaban J connectivity index is 1.68. The SMILES string of the molecule is C[C@H](OC(=O)c1nn(C)c(=O)c2ccccc12)C(=O)NC[C@@H](C)c1ccccc1. The summed E-state index contributed by atoms with van der Waals surface area (Å²) in [6.07, 6.45) is -0.997. The van der Waals surface area contributed by atoms with Crippen molar-refractivity contribution in [1.29, 1.82) is 0 Å². The van der Waals surface area contributed by atoms with Crippen molar-refractivity contribution >= 4 is 22.6 Å². The molecule has 150 valence electrons. The predicted molar refractivity (Wildman–Crippen MR) is 110 cm³/mol. The zero-order valence-corrected chi connectivity index (χ0v) is 16.6. The Morgan fingerprint density at radius 3 is 2.34 bits per heavy atom. The topological polar surface area (TPSA) is 90.3 Å². The molecule has 0 unspecified atom stereocenters. The minimum absolute atomic E-state index is 0.00000334. The molecule has 29 heavy (non-hydrogen) atoms. The summed E-state index contributed by atoms with van der Waals surface area (Å²) in [5, 5.41) is 7.59. The zero-order chi connectivity index (χ0) is 21.0. The lowest BCUT2D eigenvalue weighted by Gasteiger charge is -2.17. The first-order valence-corrected chi connectivity index (χ1v) is 9.38. The molecule has 0 radical (unpaired) electrons. The molecule has 1 heterocycles. The highest BCUT2D eigenvalue weighted by Gasteiger charge is 2.23. The standard InChI is InChI=1S/C22H23N3O4/c1-14(16-9-5-4-6-10-16)13-23-20(26)15(2)29-22(28)19-17-11-7-8-12-18(17)21(27)25(3)24-19/h4-12,14-15H,13H2,1-3H3,(H,23,26)/t14-,15+/m1/s1. The lowest BCUT2D eigenvalue weighted by atomic mass is 10.0. The smallest absolute Gasteiger partial charge is 0.360 e. The van der Waals surface area contributed by atoms with Crippen LogP contribution >= 0.6 is 0 Å². The predicted octanol–water partition coefficient (Wildman–Crippen LogP) is 2.40. The van der Waals surface area contributed by atoms with Crippen LogP contribution in [0.5, 0.6) is 0 Å². The van der Waals surface area contributed by atoms with E-state index in [1.165, 1.54) is 14.0 Å². The van der Waals surface area contributed by atoms with Crippen molar-refractivity contribution in [3.05, 3.63) is 76.2 Å². The van der Waals surface area contributed by atoms with Crippen molar-refractivity contribution in [2.45, 2.75) is 25.9 Å². The van der Waals surface area contributed by atoms with E-state index in [2.05, 4.69) is 10.4 Å². The number of fused-ring (bicyclic) bond motifs is 1. The fourth-order valence-electron chi connectivity index (χ4n) is 3.02. The Bertz CT molecular complexity index is 1090. The third-order valence-electron chi connectivity index (χ3n) is 4.75. The number of nitrogens with one attached hydrogen (secondary N) is 1. The van der Waals surface area contributed by atoms with E-state index in [-0.39, 0.29) is 17.2 Å². The quantitative estimate of drug-likeness (QED) is 0.650. The molecule has 0 saturated carbocycles. The number of carbonyl (C=O) groups excluding carboxylic acids is 2. The van der Waals surface area contributed by atoms with Crippen LogP contribution in [0.15, 0.2) is 59.4 Å². The highest BCUT2D eigenvalue weighted by atomic mass is 16.5. The van der Waals surface area contributed by atoms with Crippen molar-refractivity contribution < 1.29 is 14.3 Å². The number of esters is 1. The fourth-order valence-corrected chi connectivity index (χ4v) is 3.02. The number of aromatic nitrogens is 2. The molecule has 1 N–H and O–H groups in total. The molecule has 0 spiro atoms. The molecular formula is C22H23N3O4. The van der Waals surface area contributed by atoms with Gasteiger partial charge in [0.15, 0.2) is 11.8 Å². The normalized spacial score (nSPS) is 12.9. The molecule has 3 rings (SSSR count). The summed E-state index contributed by atoms with van der Waals surface area (Å²) in [6, 6.07) is 16.5. The summed E-state index contributed by atoms with van der Waals surface area (Å²) in [5.41, 5.74) is 0.802. The first-order chi connectivity index (χ1) is 13.9. The van der Waals surface area contributed by atoms with Crippen LogP contribution in [0, 0.1) is 0 Å². The molecule has 0 aliphatic rings. The molecule has 0 bridgehead atoms. The Kier molecular flexibility index (Phi) is 6.07. The van der Waals surface area contributed by atoms with Crippen molar-refractivity contribution in [2.24, 2.45) is 7.05 Å². The summed E-state index contributed by atoms with van der Waals surface area (Å²) >= 11 is 0. The van der Waals surface area contributed by atoms with E-state index in [1.54, 1.807) is 24.3 Å². The zero-order valence-electron chi connectivity index (χ0n) is 16.6. The molecule has 1 amide bonds. The van der Waals surface area contributed by atoms with Gasteiger partial charge in [0.2, 0.25) is 0 Å². The van der Waals surface area contributed by atoms with E-state index >= 15 is 0 Å². The largest absolute Gasteiger partial charge is 0.448 e. The maximum Gasteiger partial charge on any atom is 0.360 e. The molecule has 7 nitrogen and oxygen atoms in total. The van der Waals surface area contributed by atoms with Gasteiger partial charge in [-0.2, -0.15) is 5.10 Å². The van der Waals surface area contributed by atoms with Crippen LogP contribution in [0.1, 0.15) is 35.8 Å². The Hall–Kier alpha value is -3.48. The van der Waals surface area contributed by atoms with Gasteiger partial charge >= 0.3 is 5.97 Å². The highest BCUT2D eigenvalue weighted by Crippen LogP contribution is 2.15. The van der Waals surface area contributed by atoms with Crippen LogP contribution in [-0.4, -0.2) is 34.3 Å². The number of hydrogen-bond donors (Lipinski definition) is 1. The van der Waals surface area contributed by atoms with Gasteiger partial charge in [0.25, 0.3) is 11.5 Å². The highest BCUT2D eigenvalue weighted by molar-refractivity contribution is 6.02. The summed E-state index contributed by atoms with van der Waals surface area (Å²) in [7, 11) is 1.46. The molecule has 2 atom stereocenters. The molecule has 7 heteroatoms. The minimum Gasteiger partial charge on any atom is -0.448 e. The number of aryl methyl sites for hydroxylation is 1. The van der Waals surface area contributed by atoms with Crippen LogP contribution in [0.25, 0.3) is 10.8 Å². The van der Waals surface area contributed by atoms with Gasteiger partial charge in [0.1, 0.15) is 0 Å². The summed E-state index contributed by atoms with van der Waals surface area (Å²) in [4.78, 5) is 37.2. The number of carbonyl (C=O) groups is 2. The first-order valence-electron chi connectivity index (χ1n) is 9.38. The van der Waals surface area contributed by atoms with Crippen LogP contribution < -0.4 is 10.9 Å². The van der Waals surface area contributed by atoms with Gasteiger partial charge in [-0.1, -0.05) is 55.5 Å². The van der Waals surface area contributed by atoms with Crippen molar-refractivity contribution in [3.63, 3.8) is 0 Å². The van der Waals surface area contributed by atoms with E-state index in [1.807, 2.05) is 37.3 Å². The molecule has 0 aliphatic heterocycles. The van der Waals surface area contributed by atoms with Gasteiger partial charge in [-0.05, 0) is 24.5 Å². The number of benzene rings is 2. The number of nitrogens with zero attached hydrogens (tertiary/aromatic N) is 2. The van der Waals surface area contributed by atoms with Gasteiger partial charge in [-0.25, -0.2) is 9.48 Å². The van der Waals surface area contributed by atoms with Crippen molar-refractivity contribution in [1.82, 2.24) is 15.1 Å². The Morgan fingerprint density at radius 1 is 1.03 bits per heavy atom. The van der Waals surface area contributed by atoms with E-state index < -0.39 is 18.0 Å². The van der Waals surface area contributed by atoms with E-state index in [4.69, 9.17) is 4.74 Å². The second kappa shape index (κ2) is 8.68. The maximum absolute atomic E-state index is 12.6. The molecule has 0 fully saturated rings. The second-order valence-electron chi connectivity index (χ2n) is 6.93. The van der Waals surface area contributed by atoms with Gasteiger partial charge in [-0.15, -0.1) is 0 Å². The van der Waals surface area contributed by atoms with Crippen molar-refractivity contribution in [3.8, 4) is 0 Å². The Morgan fingerprint density at radius 2 is 1.66 bits per heavy atom. The third kappa shape index (κ3) is 4.51. The van der Waals surface area contributed by atoms with Gasteiger partial charge in [-0.3, -0.25) is 9.59 Å². The molecule has 2 aromatic carbocycles. The van der Waals surface area contributed by atoms with Gasteiger partial charge < -0.3 is 10.1 Å². The average molecular weight is 393 g/mol. The lowest BCUT2D eigenvalue weighted by molar-refractivity contribution is -0.129. The van der Waals surface area contributed by atoms with Gasteiger partial charge in [0, 0.05) is 19.0 Å². The number of amides is 1. The van der Waals surface area contributed by atoms with E-state index in [0.717, 1.165) is 10.2 Å². The first kappa shape index (κ1) is 20.3. The Labute approximate surface area is 168 Å². The molecular weight excluding hydrogens is 370 g/mol. The van der Waals surface area contributed by atoms with E-state index in [9.17, 15) is 14.4 Å². The average Bonchev–Trinajstić information content (AvgIpc) is 2.74. The van der Waals surface area contributed by atoms with Gasteiger partial charge in [0.05, 0.1) is 5.39 Å². The summed E-state index contributed by atoms with van der Waals surface area (Å²) in [6.45, 7) is 3.93. The molecule has 0 saturated heterocycles. The summed E-state index contributed by atoms with van der Waals surface area (Å²) in [5.74, 6) is -1.02. The summed E-state index contributed by atoms with van der Waals surface area (Å²) < 4.78 is 6.40. The number of hydrogen-bond acceptors (Lipinski definition) is 5. The van der Waals surface area contributed by atoms with Crippen LogP contribution in [0.4, 0.5) is 0 Å². The van der Waals surface area contributed by atoms with Crippen molar-refractivity contribution in [2.75, 3.05) is 6.54 Å². The monoisotopic (exact) mass is 393 g/mol. The number of ether oxygens (including phenoxy) is 1. The maximum atomic E-state index is 12.6. The van der Waals surface area contributed by atoms with E-state index in [0.29, 0.717) is 17.3 Å². The molecule has 1 aromatic heterocycles. The van der Waals surface area contributed by atoms with Crippen LogP contribution in [-0.2, 0) is 16.6 Å². The fraction of sp³-hybridized carbons (Fsp3) is 0.273. The third-order valence-corrected chi connectivity index (χ3v) is 4.75.